The van der Waals surface area contributed by atoms with Gasteiger partial charge in [0.15, 0.2) is 0 Å². The predicted molar refractivity (Wildman–Crippen MR) is 74.6 cm³/mol. The fourth-order valence-electron chi connectivity index (χ4n) is 1.65. The zero-order valence-electron chi connectivity index (χ0n) is 12.2. The number of carbonyl (C=O) groups excluding carboxylic acids is 2. The summed E-state index contributed by atoms with van der Waals surface area (Å²) in [6.45, 7) is 7.28. The number of carbonyl (C=O) groups is 2. The normalized spacial score (nSPS) is 11.5. The SMILES string of the molecule is C=CC(=O)OCC(C(=O)OC)=C(C)CCCCCC. The highest BCUT2D eigenvalue weighted by Crippen LogP contribution is 2.15. The van der Waals surface area contributed by atoms with Gasteiger partial charge in [-0.25, -0.2) is 9.59 Å². The number of unbranched alkanes of at least 4 members (excludes halogenated alkanes) is 3. The highest BCUT2D eigenvalue weighted by Gasteiger charge is 2.15. The number of allylic oxidation sites excluding steroid dienone is 1. The lowest BCUT2D eigenvalue weighted by molar-refractivity contribution is -0.140. The van der Waals surface area contributed by atoms with Crippen LogP contribution in [0, 0.1) is 0 Å². The summed E-state index contributed by atoms with van der Waals surface area (Å²) < 4.78 is 9.62. The maximum atomic E-state index is 11.6. The molecule has 0 aromatic rings. The van der Waals surface area contributed by atoms with Crippen LogP contribution < -0.4 is 0 Å². The summed E-state index contributed by atoms with van der Waals surface area (Å²) in [7, 11) is 1.32. The molecular weight excluding hydrogens is 244 g/mol. The van der Waals surface area contributed by atoms with Crippen LogP contribution in [-0.2, 0) is 19.1 Å². The Morgan fingerprint density at radius 1 is 1.21 bits per heavy atom. The van der Waals surface area contributed by atoms with Gasteiger partial charge in [-0.15, -0.1) is 0 Å². The zero-order chi connectivity index (χ0) is 14.7. The van der Waals surface area contributed by atoms with E-state index < -0.39 is 11.9 Å². The third kappa shape index (κ3) is 7.44. The summed E-state index contributed by atoms with van der Waals surface area (Å²) in [5.74, 6) is -0.981. The summed E-state index contributed by atoms with van der Waals surface area (Å²) >= 11 is 0. The highest BCUT2D eigenvalue weighted by molar-refractivity contribution is 5.90. The molecule has 0 aliphatic rings. The molecule has 0 N–H and O–H groups in total. The van der Waals surface area contributed by atoms with Gasteiger partial charge in [0.05, 0.1) is 12.7 Å². The molecule has 0 radical (unpaired) electrons. The van der Waals surface area contributed by atoms with Gasteiger partial charge in [-0.05, 0) is 19.8 Å². The van der Waals surface area contributed by atoms with Crippen molar-refractivity contribution in [2.45, 2.75) is 46.0 Å². The van der Waals surface area contributed by atoms with Crippen molar-refractivity contribution in [2.24, 2.45) is 0 Å². The minimum atomic E-state index is -0.541. The third-order valence-corrected chi connectivity index (χ3v) is 2.88. The van der Waals surface area contributed by atoms with E-state index >= 15 is 0 Å². The van der Waals surface area contributed by atoms with Crippen molar-refractivity contribution >= 4 is 11.9 Å². The Bertz CT molecular complexity index is 342. The Morgan fingerprint density at radius 3 is 2.42 bits per heavy atom. The number of ether oxygens (including phenoxy) is 2. The number of methoxy groups -OCH3 is 1. The quantitative estimate of drug-likeness (QED) is 0.366. The first-order valence-corrected chi connectivity index (χ1v) is 6.62. The average Bonchev–Trinajstić information content (AvgIpc) is 2.42. The van der Waals surface area contributed by atoms with Gasteiger partial charge in [-0.1, -0.05) is 38.3 Å². The van der Waals surface area contributed by atoms with Crippen LogP contribution in [0.15, 0.2) is 23.8 Å². The van der Waals surface area contributed by atoms with Gasteiger partial charge in [0.2, 0.25) is 0 Å². The van der Waals surface area contributed by atoms with Gasteiger partial charge in [-0.2, -0.15) is 0 Å². The second kappa shape index (κ2) is 10.4. The van der Waals surface area contributed by atoms with Gasteiger partial charge in [-0.3, -0.25) is 0 Å². The molecule has 19 heavy (non-hydrogen) atoms. The molecule has 0 amide bonds. The van der Waals surface area contributed by atoms with Crippen LogP contribution in [0.1, 0.15) is 46.0 Å². The maximum Gasteiger partial charge on any atom is 0.337 e. The Morgan fingerprint density at radius 2 is 1.89 bits per heavy atom. The van der Waals surface area contributed by atoms with Crippen LogP contribution in [0.2, 0.25) is 0 Å². The first kappa shape index (κ1) is 17.4. The lowest BCUT2D eigenvalue weighted by Crippen LogP contribution is -2.15. The molecule has 4 heteroatoms. The molecule has 0 atom stereocenters. The van der Waals surface area contributed by atoms with Gasteiger partial charge in [0.25, 0.3) is 0 Å². The molecule has 0 heterocycles. The lowest BCUT2D eigenvalue weighted by atomic mass is 10.0. The van der Waals surface area contributed by atoms with Crippen molar-refractivity contribution in [1.29, 1.82) is 0 Å². The van der Waals surface area contributed by atoms with Gasteiger partial charge >= 0.3 is 11.9 Å². The molecule has 0 aliphatic heterocycles. The molecule has 0 spiro atoms. The van der Waals surface area contributed by atoms with Gasteiger partial charge in [0, 0.05) is 6.08 Å². The van der Waals surface area contributed by atoms with Crippen LogP contribution in [0.4, 0.5) is 0 Å². The maximum absolute atomic E-state index is 11.6. The molecule has 0 aromatic carbocycles. The molecule has 0 rings (SSSR count). The van der Waals surface area contributed by atoms with Crippen molar-refractivity contribution in [3.8, 4) is 0 Å². The standard InChI is InChI=1S/C15H24O4/c1-5-7-8-9-10-12(3)13(15(17)18-4)11-19-14(16)6-2/h6H,2,5,7-11H2,1,3-4H3. The average molecular weight is 268 g/mol. The van der Waals surface area contributed by atoms with Crippen LogP contribution >= 0.6 is 0 Å². The molecule has 0 saturated heterocycles. The largest absolute Gasteiger partial charge is 0.466 e. The highest BCUT2D eigenvalue weighted by atomic mass is 16.5. The van der Waals surface area contributed by atoms with Gasteiger partial charge < -0.3 is 9.47 Å². The molecule has 4 nitrogen and oxygen atoms in total. The fourth-order valence-corrected chi connectivity index (χ4v) is 1.65. The summed E-state index contributed by atoms with van der Waals surface area (Å²) in [4.78, 5) is 22.7. The van der Waals surface area contributed by atoms with Crippen LogP contribution in [0.25, 0.3) is 0 Å². The molecule has 0 bridgehead atoms. The molecule has 108 valence electrons. The Kier molecular flexibility index (Phi) is 9.49. The smallest absolute Gasteiger partial charge is 0.337 e. The Balaban J connectivity index is 4.55. The van der Waals surface area contributed by atoms with E-state index in [9.17, 15) is 9.59 Å². The minimum absolute atomic E-state index is 0.0584. The second-order valence-electron chi connectivity index (χ2n) is 4.37. The van der Waals surface area contributed by atoms with Crippen molar-refractivity contribution < 1.29 is 19.1 Å². The van der Waals surface area contributed by atoms with Crippen LogP contribution in [0.3, 0.4) is 0 Å². The van der Waals surface area contributed by atoms with Crippen molar-refractivity contribution in [3.63, 3.8) is 0 Å². The molecule has 0 unspecified atom stereocenters. The molecule has 0 aromatic heterocycles. The van der Waals surface area contributed by atoms with E-state index in [0.29, 0.717) is 5.57 Å². The Hall–Kier alpha value is -1.58. The van der Waals surface area contributed by atoms with Gasteiger partial charge in [0.1, 0.15) is 6.61 Å². The summed E-state index contributed by atoms with van der Waals surface area (Å²) in [6, 6.07) is 0. The predicted octanol–water partition coefficient (Wildman–Crippen LogP) is 3.18. The van der Waals surface area contributed by atoms with E-state index in [2.05, 4.69) is 13.5 Å². The van der Waals surface area contributed by atoms with Crippen LogP contribution in [-0.4, -0.2) is 25.7 Å². The number of hydrogen-bond acceptors (Lipinski definition) is 4. The number of hydrogen-bond donors (Lipinski definition) is 0. The topological polar surface area (TPSA) is 52.6 Å². The minimum Gasteiger partial charge on any atom is -0.466 e. The lowest BCUT2D eigenvalue weighted by Gasteiger charge is -2.10. The van der Waals surface area contributed by atoms with E-state index in [1.54, 1.807) is 0 Å². The molecule has 0 saturated carbocycles. The summed E-state index contributed by atoms with van der Waals surface area (Å²) in [5, 5.41) is 0. The number of esters is 2. The van der Waals surface area contributed by atoms with Crippen LogP contribution in [0.5, 0.6) is 0 Å². The molecular formula is C15H24O4. The van der Waals surface area contributed by atoms with E-state index in [1.807, 2.05) is 6.92 Å². The van der Waals surface area contributed by atoms with E-state index in [0.717, 1.165) is 30.9 Å². The van der Waals surface area contributed by atoms with E-state index in [4.69, 9.17) is 9.47 Å². The van der Waals surface area contributed by atoms with E-state index in [1.165, 1.54) is 20.0 Å². The van der Waals surface area contributed by atoms with Crippen molar-refractivity contribution in [1.82, 2.24) is 0 Å². The van der Waals surface area contributed by atoms with Crippen molar-refractivity contribution in [3.05, 3.63) is 23.8 Å². The van der Waals surface area contributed by atoms with Crippen molar-refractivity contribution in [2.75, 3.05) is 13.7 Å². The summed E-state index contributed by atoms with van der Waals surface area (Å²) in [5.41, 5.74) is 1.34. The molecule has 0 aliphatic carbocycles. The first-order valence-electron chi connectivity index (χ1n) is 6.62. The zero-order valence-corrected chi connectivity index (χ0v) is 12.2. The summed E-state index contributed by atoms with van der Waals surface area (Å²) in [6.07, 6.45) is 6.40. The monoisotopic (exact) mass is 268 g/mol. The third-order valence-electron chi connectivity index (χ3n) is 2.88. The molecule has 0 fully saturated rings. The van der Waals surface area contributed by atoms with E-state index in [-0.39, 0.29) is 6.61 Å². The first-order chi connectivity index (χ1) is 9.06. The number of rotatable bonds is 9. The fraction of sp³-hybridized carbons (Fsp3) is 0.600. The second-order valence-corrected chi connectivity index (χ2v) is 4.37. The Labute approximate surface area is 115 Å².